The molecule has 0 saturated carbocycles. The van der Waals surface area contributed by atoms with E-state index in [4.69, 9.17) is 17.0 Å². The second kappa shape index (κ2) is 7.60. The van der Waals surface area contributed by atoms with Crippen molar-refractivity contribution in [2.24, 2.45) is 0 Å². The molecule has 124 valence electrons. The number of alkyl halides is 3. The molecule has 2 N–H and O–H groups in total. The van der Waals surface area contributed by atoms with Gasteiger partial charge in [0.2, 0.25) is 0 Å². The van der Waals surface area contributed by atoms with Crippen LogP contribution < -0.4 is 15.4 Å². The molecule has 0 fully saturated rings. The largest absolute Gasteiger partial charge is 0.496 e. The first-order valence-electron chi connectivity index (χ1n) is 6.59. The fraction of sp³-hybridized carbons (Fsp3) is 0.286. The number of anilines is 1. The Morgan fingerprint density at radius 3 is 2.74 bits per heavy atom. The van der Waals surface area contributed by atoms with Crippen LogP contribution in [0.3, 0.4) is 0 Å². The van der Waals surface area contributed by atoms with Crippen LogP contribution in [0.15, 0.2) is 29.6 Å². The van der Waals surface area contributed by atoms with E-state index in [0.717, 1.165) is 28.0 Å². The summed E-state index contributed by atoms with van der Waals surface area (Å²) >= 11 is 5.90. The summed E-state index contributed by atoms with van der Waals surface area (Å²) in [6.07, 6.45) is -3.78. The molecule has 1 heterocycles. The number of ether oxygens (including phenoxy) is 1. The van der Waals surface area contributed by atoms with E-state index in [0.29, 0.717) is 13.0 Å². The van der Waals surface area contributed by atoms with Gasteiger partial charge in [-0.25, -0.2) is 4.98 Å². The van der Waals surface area contributed by atoms with Crippen LogP contribution in [0, 0.1) is 0 Å². The van der Waals surface area contributed by atoms with E-state index in [1.165, 1.54) is 0 Å². The molecule has 1 aromatic heterocycles. The SMILES string of the molecule is COc1ccccc1CCNC(=S)Nc1nc(C(F)(F)F)cs1. The second-order valence-corrected chi connectivity index (χ2v) is 5.74. The first kappa shape index (κ1) is 17.5. The predicted octanol–water partition coefficient (Wildman–Crippen LogP) is 3.70. The number of nitrogens with zero attached hydrogens (tertiary/aromatic N) is 1. The monoisotopic (exact) mass is 361 g/mol. The van der Waals surface area contributed by atoms with Gasteiger partial charge in [-0.1, -0.05) is 18.2 Å². The van der Waals surface area contributed by atoms with Crippen LogP contribution in [0.2, 0.25) is 0 Å². The van der Waals surface area contributed by atoms with Gasteiger partial charge in [-0.3, -0.25) is 0 Å². The minimum Gasteiger partial charge on any atom is -0.496 e. The molecule has 0 aliphatic carbocycles. The fourth-order valence-electron chi connectivity index (χ4n) is 1.82. The predicted molar refractivity (Wildman–Crippen MR) is 88.0 cm³/mol. The van der Waals surface area contributed by atoms with Gasteiger partial charge >= 0.3 is 6.18 Å². The lowest BCUT2D eigenvalue weighted by atomic mass is 10.1. The van der Waals surface area contributed by atoms with Crippen LogP contribution in [0.4, 0.5) is 18.3 Å². The number of rotatable bonds is 5. The molecule has 0 aliphatic heterocycles. The van der Waals surface area contributed by atoms with E-state index in [9.17, 15) is 13.2 Å². The standard InChI is InChI=1S/C14H14F3N3OS2/c1-21-10-5-3-2-4-9(10)6-7-18-12(22)20-13-19-11(8-23-13)14(15,16)17/h2-5,8H,6-7H2,1H3,(H2,18,19,20,22). The Balaban J connectivity index is 1.82. The highest BCUT2D eigenvalue weighted by atomic mass is 32.1. The first-order chi connectivity index (χ1) is 10.9. The molecule has 0 aliphatic rings. The lowest BCUT2D eigenvalue weighted by Crippen LogP contribution is -2.30. The van der Waals surface area contributed by atoms with E-state index >= 15 is 0 Å². The maximum atomic E-state index is 12.5. The number of nitrogens with one attached hydrogen (secondary N) is 2. The molecule has 0 amide bonds. The summed E-state index contributed by atoms with van der Waals surface area (Å²) in [5.41, 5.74) is 0.0840. The maximum absolute atomic E-state index is 12.5. The number of thiazole rings is 1. The Morgan fingerprint density at radius 1 is 1.35 bits per heavy atom. The Labute approximate surface area is 140 Å². The van der Waals surface area contributed by atoms with E-state index < -0.39 is 11.9 Å². The van der Waals surface area contributed by atoms with Gasteiger partial charge in [0.1, 0.15) is 5.75 Å². The number of halogens is 3. The average Bonchev–Trinajstić information content (AvgIpc) is 2.96. The van der Waals surface area contributed by atoms with Crippen LogP contribution in [-0.4, -0.2) is 23.8 Å². The fourth-order valence-corrected chi connectivity index (χ4v) is 2.81. The lowest BCUT2D eigenvalue weighted by molar-refractivity contribution is -0.140. The summed E-state index contributed by atoms with van der Waals surface area (Å²) in [4.78, 5) is 3.45. The van der Waals surface area contributed by atoms with Gasteiger partial charge in [0, 0.05) is 11.9 Å². The van der Waals surface area contributed by atoms with Crippen molar-refractivity contribution in [2.75, 3.05) is 19.0 Å². The number of benzene rings is 1. The zero-order valence-electron chi connectivity index (χ0n) is 12.1. The molecule has 9 heteroatoms. The van der Waals surface area contributed by atoms with Crippen LogP contribution >= 0.6 is 23.6 Å². The first-order valence-corrected chi connectivity index (χ1v) is 7.88. The Morgan fingerprint density at radius 2 is 2.09 bits per heavy atom. The summed E-state index contributed by atoms with van der Waals surface area (Å²) in [5, 5.41) is 6.85. The van der Waals surface area contributed by atoms with E-state index in [1.807, 2.05) is 24.3 Å². The third-order valence-corrected chi connectivity index (χ3v) is 3.89. The van der Waals surface area contributed by atoms with Crippen molar-refractivity contribution < 1.29 is 17.9 Å². The average molecular weight is 361 g/mol. The molecule has 0 radical (unpaired) electrons. The molecule has 0 saturated heterocycles. The molecular formula is C14H14F3N3OS2. The van der Waals surface area contributed by atoms with Crippen LogP contribution in [0.5, 0.6) is 5.75 Å². The van der Waals surface area contributed by atoms with Gasteiger partial charge in [0.15, 0.2) is 15.9 Å². The minimum atomic E-state index is -4.45. The van der Waals surface area contributed by atoms with Crippen LogP contribution in [0.1, 0.15) is 11.3 Å². The Kier molecular flexibility index (Phi) is 5.78. The van der Waals surface area contributed by atoms with Gasteiger partial charge in [-0.15, -0.1) is 11.3 Å². The minimum absolute atomic E-state index is 0.104. The highest BCUT2D eigenvalue weighted by Crippen LogP contribution is 2.31. The number of para-hydroxylation sites is 1. The number of methoxy groups -OCH3 is 1. The van der Waals surface area contributed by atoms with E-state index in [2.05, 4.69) is 15.6 Å². The van der Waals surface area contributed by atoms with Crippen molar-refractivity contribution in [1.29, 1.82) is 0 Å². The number of aromatic nitrogens is 1. The van der Waals surface area contributed by atoms with E-state index in [1.54, 1.807) is 7.11 Å². The molecule has 23 heavy (non-hydrogen) atoms. The molecule has 0 unspecified atom stereocenters. The van der Waals surface area contributed by atoms with Gasteiger partial charge in [0.25, 0.3) is 0 Å². The van der Waals surface area contributed by atoms with Gasteiger partial charge < -0.3 is 15.4 Å². The maximum Gasteiger partial charge on any atom is 0.434 e. The van der Waals surface area contributed by atoms with Crippen LogP contribution in [-0.2, 0) is 12.6 Å². The molecule has 0 spiro atoms. The zero-order valence-corrected chi connectivity index (χ0v) is 13.7. The molecule has 0 atom stereocenters. The van der Waals surface area contributed by atoms with Crippen LogP contribution in [0.25, 0.3) is 0 Å². The van der Waals surface area contributed by atoms with Gasteiger partial charge in [-0.2, -0.15) is 13.2 Å². The van der Waals surface area contributed by atoms with Crippen molar-refractivity contribution in [2.45, 2.75) is 12.6 Å². The molecular weight excluding hydrogens is 347 g/mol. The van der Waals surface area contributed by atoms with Crippen molar-refractivity contribution in [3.63, 3.8) is 0 Å². The van der Waals surface area contributed by atoms with Crippen molar-refractivity contribution in [3.05, 3.63) is 40.9 Å². The summed E-state index contributed by atoms with van der Waals surface area (Å²) in [7, 11) is 1.60. The van der Waals surface area contributed by atoms with Gasteiger partial charge in [-0.05, 0) is 30.3 Å². The third kappa shape index (κ3) is 5.07. The van der Waals surface area contributed by atoms with Crippen molar-refractivity contribution in [3.8, 4) is 5.75 Å². The van der Waals surface area contributed by atoms with Crippen molar-refractivity contribution >= 4 is 33.8 Å². The molecule has 1 aromatic carbocycles. The number of hydrogen-bond donors (Lipinski definition) is 2. The summed E-state index contributed by atoms with van der Waals surface area (Å²) in [6.45, 7) is 0.518. The lowest BCUT2D eigenvalue weighted by Gasteiger charge is -2.10. The highest BCUT2D eigenvalue weighted by molar-refractivity contribution is 7.80. The third-order valence-electron chi connectivity index (χ3n) is 2.89. The highest BCUT2D eigenvalue weighted by Gasteiger charge is 2.33. The molecule has 0 bridgehead atoms. The molecule has 2 aromatic rings. The quantitative estimate of drug-likeness (QED) is 0.795. The molecule has 2 rings (SSSR count). The zero-order chi connectivity index (χ0) is 16.9. The summed E-state index contributed by atoms with van der Waals surface area (Å²) in [5.74, 6) is 0.780. The smallest absolute Gasteiger partial charge is 0.434 e. The topological polar surface area (TPSA) is 46.2 Å². The summed E-state index contributed by atoms with van der Waals surface area (Å²) < 4.78 is 42.6. The molecule has 4 nitrogen and oxygen atoms in total. The number of hydrogen-bond acceptors (Lipinski definition) is 4. The Hall–Kier alpha value is -1.87. The van der Waals surface area contributed by atoms with Gasteiger partial charge in [0.05, 0.1) is 7.11 Å². The second-order valence-electron chi connectivity index (χ2n) is 4.48. The Bertz CT molecular complexity index is 673. The van der Waals surface area contributed by atoms with Crippen molar-refractivity contribution in [1.82, 2.24) is 10.3 Å². The van der Waals surface area contributed by atoms with E-state index in [-0.39, 0.29) is 10.2 Å². The number of thiocarbonyl (C=S) groups is 1. The summed E-state index contributed by atoms with van der Waals surface area (Å²) in [6, 6.07) is 7.58. The normalized spacial score (nSPS) is 11.1.